The summed E-state index contributed by atoms with van der Waals surface area (Å²) in [6.45, 7) is 6.53. The van der Waals surface area contributed by atoms with E-state index in [9.17, 15) is 15.0 Å². The van der Waals surface area contributed by atoms with Gasteiger partial charge in [-0.3, -0.25) is 4.79 Å². The molecule has 3 nitrogen and oxygen atoms in total. The maximum atomic E-state index is 12.2. The van der Waals surface area contributed by atoms with Crippen molar-refractivity contribution in [1.82, 2.24) is 0 Å². The van der Waals surface area contributed by atoms with Crippen LogP contribution in [0.5, 0.6) is 0 Å². The van der Waals surface area contributed by atoms with Gasteiger partial charge in [0.1, 0.15) is 5.78 Å². The van der Waals surface area contributed by atoms with Gasteiger partial charge in [-0.25, -0.2) is 0 Å². The Labute approximate surface area is 146 Å². The minimum absolute atomic E-state index is 0.157. The monoisotopic (exact) mass is 334 g/mol. The van der Waals surface area contributed by atoms with Crippen LogP contribution >= 0.6 is 0 Å². The van der Waals surface area contributed by atoms with Crippen LogP contribution in [0.4, 0.5) is 0 Å². The Morgan fingerprint density at radius 3 is 2.25 bits per heavy atom. The van der Waals surface area contributed by atoms with E-state index in [-0.39, 0.29) is 34.9 Å². The minimum Gasteiger partial charge on any atom is -0.393 e. The summed E-state index contributed by atoms with van der Waals surface area (Å²) < 4.78 is 0. The predicted molar refractivity (Wildman–Crippen MR) is 93.3 cm³/mol. The van der Waals surface area contributed by atoms with E-state index in [4.69, 9.17) is 0 Å². The maximum Gasteiger partial charge on any atom is 0.133 e. The first-order valence-corrected chi connectivity index (χ1v) is 10.1. The second-order valence-corrected chi connectivity index (χ2v) is 10.0. The third-order valence-electron chi connectivity index (χ3n) is 9.14. The van der Waals surface area contributed by atoms with Gasteiger partial charge in [0, 0.05) is 5.92 Å². The highest BCUT2D eigenvalue weighted by molar-refractivity contribution is 5.79. The summed E-state index contributed by atoms with van der Waals surface area (Å²) in [6, 6.07) is 0. The molecule has 0 amide bonds. The lowest BCUT2D eigenvalue weighted by Gasteiger charge is -2.62. The lowest BCUT2D eigenvalue weighted by Crippen LogP contribution is -2.58. The molecule has 0 aromatic heterocycles. The number of hydrogen-bond donors (Lipinski definition) is 2. The van der Waals surface area contributed by atoms with Crippen LogP contribution in [0.3, 0.4) is 0 Å². The van der Waals surface area contributed by atoms with E-state index in [0.717, 1.165) is 38.5 Å². The van der Waals surface area contributed by atoms with Crippen molar-refractivity contribution in [3.05, 3.63) is 0 Å². The molecule has 0 saturated heterocycles. The third kappa shape index (κ3) is 2.19. The third-order valence-corrected chi connectivity index (χ3v) is 9.14. The zero-order valence-electron chi connectivity index (χ0n) is 15.5. The summed E-state index contributed by atoms with van der Waals surface area (Å²) in [6.07, 6.45) is 7.70. The Balaban J connectivity index is 1.65. The Hall–Kier alpha value is -0.410. The van der Waals surface area contributed by atoms with Gasteiger partial charge in [0.25, 0.3) is 0 Å². The molecule has 4 fully saturated rings. The van der Waals surface area contributed by atoms with Crippen LogP contribution in [0.15, 0.2) is 0 Å². The molecule has 0 spiro atoms. The highest BCUT2D eigenvalue weighted by Crippen LogP contribution is 2.67. The van der Waals surface area contributed by atoms with E-state index >= 15 is 0 Å². The molecule has 2 N–H and O–H groups in total. The molecule has 9 atom stereocenters. The molecule has 4 aliphatic carbocycles. The molecule has 4 aliphatic rings. The van der Waals surface area contributed by atoms with Gasteiger partial charge in [-0.2, -0.15) is 0 Å². The van der Waals surface area contributed by atoms with Gasteiger partial charge in [-0.15, -0.1) is 0 Å². The summed E-state index contributed by atoms with van der Waals surface area (Å²) in [5.41, 5.74) is 0.335. The number of carbonyl (C=O) groups excluding carboxylic acids is 1. The summed E-state index contributed by atoms with van der Waals surface area (Å²) in [5, 5.41) is 21.0. The Morgan fingerprint density at radius 1 is 0.875 bits per heavy atom. The highest BCUT2D eigenvalue weighted by atomic mass is 16.3. The zero-order chi connectivity index (χ0) is 17.3. The van der Waals surface area contributed by atoms with Crippen molar-refractivity contribution in [2.24, 2.45) is 40.4 Å². The first-order chi connectivity index (χ1) is 11.3. The van der Waals surface area contributed by atoms with E-state index in [0.29, 0.717) is 23.5 Å². The van der Waals surface area contributed by atoms with Crippen molar-refractivity contribution in [1.29, 1.82) is 0 Å². The van der Waals surface area contributed by atoms with Crippen molar-refractivity contribution < 1.29 is 15.0 Å². The van der Waals surface area contributed by atoms with Crippen LogP contribution < -0.4 is 0 Å². The fourth-order valence-electron chi connectivity index (χ4n) is 7.95. The number of rotatable bonds is 1. The average molecular weight is 335 g/mol. The van der Waals surface area contributed by atoms with Gasteiger partial charge >= 0.3 is 0 Å². The lowest BCUT2D eigenvalue weighted by molar-refractivity contribution is -0.171. The van der Waals surface area contributed by atoms with Crippen molar-refractivity contribution >= 4 is 5.78 Å². The zero-order valence-corrected chi connectivity index (χ0v) is 15.5. The number of Topliss-reactive ketones (excluding diaryl/α,β-unsaturated/α-hetero) is 1. The van der Waals surface area contributed by atoms with Crippen molar-refractivity contribution in [3.63, 3.8) is 0 Å². The molecular formula is C21H34O3. The van der Waals surface area contributed by atoms with E-state index < -0.39 is 0 Å². The van der Waals surface area contributed by atoms with Crippen molar-refractivity contribution in [2.45, 2.75) is 84.3 Å². The minimum atomic E-state index is -0.273. The standard InChI is InChI=1S/C21H34O3/c1-12(22)15-4-5-16-14-11-19(24)18-10-13(23)6-8-21(18,3)17(14)7-9-20(15,16)2/h13-19,23-24H,4-11H2,1-3H3/t13-,14+,15+,16-,17+,18-,19+,20+,21-/m1/s1. The molecule has 24 heavy (non-hydrogen) atoms. The fraction of sp³-hybridized carbons (Fsp3) is 0.952. The van der Waals surface area contributed by atoms with E-state index in [1.807, 2.05) is 0 Å². The molecule has 0 radical (unpaired) electrons. The molecule has 0 aromatic carbocycles. The number of aliphatic hydroxyl groups excluding tert-OH is 2. The first-order valence-electron chi connectivity index (χ1n) is 10.1. The predicted octanol–water partition coefficient (Wildman–Crippen LogP) is 3.57. The maximum absolute atomic E-state index is 12.2. The largest absolute Gasteiger partial charge is 0.393 e. The number of aliphatic hydroxyl groups is 2. The van der Waals surface area contributed by atoms with Crippen LogP contribution in [-0.2, 0) is 4.79 Å². The fourth-order valence-corrected chi connectivity index (χ4v) is 7.95. The van der Waals surface area contributed by atoms with Gasteiger partial charge in [0.15, 0.2) is 0 Å². The van der Waals surface area contributed by atoms with Gasteiger partial charge in [-0.1, -0.05) is 13.8 Å². The highest BCUT2D eigenvalue weighted by Gasteiger charge is 2.62. The van der Waals surface area contributed by atoms with Crippen LogP contribution in [0, 0.1) is 40.4 Å². The molecule has 0 heterocycles. The normalized spacial score (nSPS) is 57.0. The number of carbonyl (C=O) groups is 1. The Bertz CT molecular complexity index is 531. The quantitative estimate of drug-likeness (QED) is 0.771. The SMILES string of the molecule is CC(=O)[C@@H]1CC[C@@H]2[C@@H]3C[C@H](O)[C@H]4C[C@H](O)CC[C@]4(C)[C@H]3CC[C@]21C. The first kappa shape index (κ1) is 17.0. The molecule has 0 unspecified atom stereocenters. The molecule has 3 heteroatoms. The summed E-state index contributed by atoms with van der Waals surface area (Å²) in [4.78, 5) is 12.2. The molecule has 4 saturated carbocycles. The van der Waals surface area contributed by atoms with Crippen LogP contribution in [0.2, 0.25) is 0 Å². The summed E-state index contributed by atoms with van der Waals surface area (Å²) in [5.74, 6) is 2.71. The number of ketones is 1. The topological polar surface area (TPSA) is 57.5 Å². The number of fused-ring (bicyclic) bond motifs is 5. The van der Waals surface area contributed by atoms with Gasteiger partial charge in [0.2, 0.25) is 0 Å². The second kappa shape index (κ2) is 5.54. The van der Waals surface area contributed by atoms with E-state index in [1.165, 1.54) is 12.8 Å². The van der Waals surface area contributed by atoms with E-state index in [2.05, 4.69) is 13.8 Å². The summed E-state index contributed by atoms with van der Waals surface area (Å²) >= 11 is 0. The molecule has 0 bridgehead atoms. The molecule has 0 aromatic rings. The lowest BCUT2D eigenvalue weighted by atomic mass is 9.44. The van der Waals surface area contributed by atoms with E-state index in [1.54, 1.807) is 6.92 Å². The van der Waals surface area contributed by atoms with Crippen LogP contribution in [0.1, 0.15) is 72.1 Å². The smallest absolute Gasteiger partial charge is 0.133 e. The second-order valence-electron chi connectivity index (χ2n) is 10.0. The molecule has 4 rings (SSSR count). The average Bonchev–Trinajstić information content (AvgIpc) is 2.87. The number of hydrogen-bond acceptors (Lipinski definition) is 3. The van der Waals surface area contributed by atoms with Gasteiger partial charge in [0.05, 0.1) is 12.2 Å². The Morgan fingerprint density at radius 2 is 1.54 bits per heavy atom. The van der Waals surface area contributed by atoms with Crippen LogP contribution in [0.25, 0.3) is 0 Å². The van der Waals surface area contributed by atoms with Crippen LogP contribution in [-0.4, -0.2) is 28.2 Å². The Kier molecular flexibility index (Phi) is 3.93. The van der Waals surface area contributed by atoms with Gasteiger partial charge < -0.3 is 10.2 Å². The summed E-state index contributed by atoms with van der Waals surface area (Å²) in [7, 11) is 0. The van der Waals surface area contributed by atoms with Gasteiger partial charge in [-0.05, 0) is 92.8 Å². The molecule has 0 aliphatic heterocycles. The molecule has 136 valence electrons. The van der Waals surface area contributed by atoms with Crippen molar-refractivity contribution in [2.75, 3.05) is 0 Å². The van der Waals surface area contributed by atoms with Crippen molar-refractivity contribution in [3.8, 4) is 0 Å². The molecular weight excluding hydrogens is 300 g/mol.